The molecule has 0 fully saturated rings. The van der Waals surface area contributed by atoms with Crippen LogP contribution < -0.4 is 4.72 Å². The normalized spacial score (nSPS) is 11.8. The van der Waals surface area contributed by atoms with Gasteiger partial charge in [-0.05, 0) is 6.42 Å². The summed E-state index contributed by atoms with van der Waals surface area (Å²) in [5.74, 6) is -0.0820. The molecule has 1 heterocycles. The van der Waals surface area contributed by atoms with Crippen LogP contribution in [0, 0.1) is 0 Å². The van der Waals surface area contributed by atoms with Crippen LogP contribution in [-0.4, -0.2) is 31.0 Å². The Morgan fingerprint density at radius 1 is 1.57 bits per heavy atom. The van der Waals surface area contributed by atoms with Crippen molar-refractivity contribution in [3.05, 3.63) is 18.0 Å². The Hall–Kier alpha value is -0.920. The van der Waals surface area contributed by atoms with Crippen molar-refractivity contribution in [2.45, 2.75) is 13.0 Å². The van der Waals surface area contributed by atoms with Crippen molar-refractivity contribution in [1.29, 1.82) is 0 Å². The Labute approximate surface area is 82.0 Å². The molecule has 1 rings (SSSR count). The quantitative estimate of drug-likeness (QED) is 0.672. The molecule has 1 aromatic rings. The monoisotopic (exact) mass is 220 g/mol. The van der Waals surface area contributed by atoms with Crippen LogP contribution in [0.1, 0.15) is 12.1 Å². The zero-order valence-corrected chi connectivity index (χ0v) is 8.33. The number of hydrogen-bond donors (Lipinski definition) is 2. The molecule has 80 valence electrons. The van der Waals surface area contributed by atoms with Gasteiger partial charge in [0.05, 0.1) is 18.0 Å². The van der Waals surface area contributed by atoms with Crippen molar-refractivity contribution in [3.63, 3.8) is 0 Å². The van der Waals surface area contributed by atoms with Crippen LogP contribution in [0.25, 0.3) is 0 Å². The largest absolute Gasteiger partial charge is 0.396 e. The number of aliphatic hydroxyl groups excluding tert-OH is 1. The van der Waals surface area contributed by atoms with Crippen molar-refractivity contribution in [2.75, 3.05) is 12.4 Å². The van der Waals surface area contributed by atoms with Crippen LogP contribution in [0.2, 0.25) is 0 Å². The number of sulfonamides is 1. The third-order valence-electron chi connectivity index (χ3n) is 1.54. The summed E-state index contributed by atoms with van der Waals surface area (Å²) in [5.41, 5.74) is 0.526. The van der Waals surface area contributed by atoms with Crippen molar-refractivity contribution >= 4 is 10.0 Å². The third-order valence-corrected chi connectivity index (χ3v) is 2.95. The number of rotatable bonds is 6. The lowest BCUT2D eigenvalue weighted by molar-refractivity contribution is 0.295. The summed E-state index contributed by atoms with van der Waals surface area (Å²) in [4.78, 5) is 0. The minimum atomic E-state index is -3.31. The summed E-state index contributed by atoms with van der Waals surface area (Å²) in [7, 11) is -3.31. The fourth-order valence-corrected chi connectivity index (χ4v) is 1.86. The molecule has 0 aliphatic heterocycles. The molecular formula is C7H12N2O4S. The molecule has 0 saturated carbocycles. The number of hydrogen-bond acceptors (Lipinski definition) is 5. The van der Waals surface area contributed by atoms with Gasteiger partial charge in [0.15, 0.2) is 0 Å². The Balaban J connectivity index is 2.37. The van der Waals surface area contributed by atoms with E-state index in [4.69, 9.17) is 5.11 Å². The summed E-state index contributed by atoms with van der Waals surface area (Å²) < 4.78 is 29.3. The molecule has 0 atom stereocenters. The second-order valence-electron chi connectivity index (χ2n) is 2.71. The maximum Gasteiger partial charge on any atom is 0.212 e. The molecule has 0 saturated heterocycles. The predicted molar refractivity (Wildman–Crippen MR) is 48.8 cm³/mol. The number of aliphatic hydroxyl groups is 1. The second-order valence-corrected chi connectivity index (χ2v) is 4.63. The van der Waals surface area contributed by atoms with Crippen molar-refractivity contribution < 1.29 is 18.0 Å². The molecule has 0 bridgehead atoms. The van der Waals surface area contributed by atoms with Crippen LogP contribution >= 0.6 is 0 Å². The van der Waals surface area contributed by atoms with Gasteiger partial charge in [0.1, 0.15) is 6.26 Å². The summed E-state index contributed by atoms with van der Waals surface area (Å²) in [6.45, 7) is -0.0187. The smallest absolute Gasteiger partial charge is 0.212 e. The topological polar surface area (TPSA) is 92.4 Å². The molecule has 0 aliphatic rings. The minimum absolute atomic E-state index is 0.0820. The zero-order valence-electron chi connectivity index (χ0n) is 7.51. The van der Waals surface area contributed by atoms with Gasteiger partial charge in [-0.25, -0.2) is 13.1 Å². The van der Waals surface area contributed by atoms with E-state index in [2.05, 4.69) is 14.4 Å². The van der Waals surface area contributed by atoms with Crippen LogP contribution in [0.4, 0.5) is 0 Å². The standard InChI is InChI=1S/C7H12N2O4S/c10-3-1-5-14(11,12)8-6-7-2-4-13-9-7/h2,4,8,10H,1,3,5-6H2. The van der Waals surface area contributed by atoms with Crippen LogP contribution in [-0.2, 0) is 16.6 Å². The SMILES string of the molecule is O=S(=O)(CCCO)NCc1ccon1. The highest BCUT2D eigenvalue weighted by molar-refractivity contribution is 7.89. The van der Waals surface area contributed by atoms with E-state index >= 15 is 0 Å². The van der Waals surface area contributed by atoms with Gasteiger partial charge in [-0.1, -0.05) is 5.16 Å². The predicted octanol–water partition coefficient (Wildman–Crippen LogP) is -0.524. The molecule has 0 aromatic carbocycles. The minimum Gasteiger partial charge on any atom is -0.396 e. The van der Waals surface area contributed by atoms with Crippen molar-refractivity contribution in [3.8, 4) is 0 Å². The Kier molecular flexibility index (Phi) is 4.05. The summed E-state index contributed by atoms with van der Waals surface area (Å²) in [5, 5.41) is 12.0. The maximum atomic E-state index is 11.2. The molecule has 6 nitrogen and oxygen atoms in total. The number of nitrogens with zero attached hydrogens (tertiary/aromatic N) is 1. The lowest BCUT2D eigenvalue weighted by atomic mass is 10.5. The highest BCUT2D eigenvalue weighted by atomic mass is 32.2. The van der Waals surface area contributed by atoms with E-state index in [0.29, 0.717) is 5.69 Å². The first-order valence-corrected chi connectivity index (χ1v) is 5.77. The third kappa shape index (κ3) is 3.86. The van der Waals surface area contributed by atoms with Crippen LogP contribution in [0.3, 0.4) is 0 Å². The Morgan fingerprint density at radius 3 is 2.93 bits per heavy atom. The molecular weight excluding hydrogens is 208 g/mol. The number of aromatic nitrogens is 1. The average molecular weight is 220 g/mol. The van der Waals surface area contributed by atoms with E-state index in [1.165, 1.54) is 6.26 Å². The van der Waals surface area contributed by atoms with E-state index in [9.17, 15) is 8.42 Å². The van der Waals surface area contributed by atoms with E-state index in [0.717, 1.165) is 0 Å². The van der Waals surface area contributed by atoms with Gasteiger partial charge in [0.25, 0.3) is 0 Å². The molecule has 1 aromatic heterocycles. The first-order valence-electron chi connectivity index (χ1n) is 4.11. The fourth-order valence-electron chi connectivity index (χ4n) is 0.839. The number of nitrogens with one attached hydrogen (secondary N) is 1. The van der Waals surface area contributed by atoms with Gasteiger partial charge in [-0.15, -0.1) is 0 Å². The maximum absolute atomic E-state index is 11.2. The lowest BCUT2D eigenvalue weighted by Crippen LogP contribution is -2.26. The highest BCUT2D eigenvalue weighted by Crippen LogP contribution is 1.96. The fraction of sp³-hybridized carbons (Fsp3) is 0.571. The molecule has 0 spiro atoms. The molecule has 0 unspecified atom stereocenters. The summed E-state index contributed by atoms with van der Waals surface area (Å²) in [6.07, 6.45) is 1.60. The highest BCUT2D eigenvalue weighted by Gasteiger charge is 2.09. The van der Waals surface area contributed by atoms with Crippen molar-refractivity contribution in [2.24, 2.45) is 0 Å². The Morgan fingerprint density at radius 2 is 2.36 bits per heavy atom. The molecule has 2 N–H and O–H groups in total. The average Bonchev–Trinajstić information content (AvgIpc) is 2.64. The van der Waals surface area contributed by atoms with Crippen molar-refractivity contribution in [1.82, 2.24) is 9.88 Å². The first kappa shape index (κ1) is 11.2. The van der Waals surface area contributed by atoms with E-state index in [-0.39, 0.29) is 25.3 Å². The van der Waals surface area contributed by atoms with Gasteiger partial charge < -0.3 is 9.63 Å². The van der Waals surface area contributed by atoms with E-state index in [1.807, 2.05) is 0 Å². The molecule has 0 amide bonds. The van der Waals surface area contributed by atoms with E-state index in [1.54, 1.807) is 6.07 Å². The van der Waals surface area contributed by atoms with Gasteiger partial charge in [0.2, 0.25) is 10.0 Å². The van der Waals surface area contributed by atoms with Crippen LogP contribution in [0.15, 0.2) is 16.9 Å². The second kappa shape index (κ2) is 5.08. The lowest BCUT2D eigenvalue weighted by Gasteiger charge is -2.02. The van der Waals surface area contributed by atoms with Crippen LogP contribution in [0.5, 0.6) is 0 Å². The first-order chi connectivity index (χ1) is 6.64. The van der Waals surface area contributed by atoms with Gasteiger partial charge in [0, 0.05) is 12.7 Å². The van der Waals surface area contributed by atoms with E-state index < -0.39 is 10.0 Å². The summed E-state index contributed by atoms with van der Waals surface area (Å²) in [6, 6.07) is 1.58. The molecule has 0 radical (unpaired) electrons. The van der Waals surface area contributed by atoms with Gasteiger partial charge in [-0.2, -0.15) is 0 Å². The molecule has 14 heavy (non-hydrogen) atoms. The Bertz CT molecular complexity index is 346. The van der Waals surface area contributed by atoms with Gasteiger partial charge in [-0.3, -0.25) is 0 Å². The van der Waals surface area contributed by atoms with Gasteiger partial charge >= 0.3 is 0 Å². The zero-order chi connectivity index (χ0) is 10.4. The molecule has 7 heteroatoms. The summed E-state index contributed by atoms with van der Waals surface area (Å²) >= 11 is 0. The molecule has 0 aliphatic carbocycles.